The molecule has 2 fully saturated rings. The second-order valence-electron chi connectivity index (χ2n) is 10.6. The molecule has 1 saturated heterocycles. The second-order valence-corrected chi connectivity index (χ2v) is 10.6. The van der Waals surface area contributed by atoms with Gasteiger partial charge in [-0.2, -0.15) is 0 Å². The fourth-order valence-corrected chi connectivity index (χ4v) is 6.08. The van der Waals surface area contributed by atoms with Crippen LogP contribution >= 0.6 is 0 Å². The van der Waals surface area contributed by atoms with Crippen molar-refractivity contribution >= 4 is 11.4 Å². The summed E-state index contributed by atoms with van der Waals surface area (Å²) in [7, 11) is 1.70. The number of nitrogens with two attached hydrogens (primary N) is 1. The second kappa shape index (κ2) is 13.4. The zero-order valence-electron chi connectivity index (χ0n) is 21.8. The molecule has 0 spiro atoms. The Kier molecular flexibility index (Phi) is 9.96. The Labute approximate surface area is 215 Å². The fourth-order valence-electron chi connectivity index (χ4n) is 6.08. The number of ether oxygens (including phenoxy) is 2. The van der Waals surface area contributed by atoms with Crippen molar-refractivity contribution in [2.75, 3.05) is 50.2 Å². The largest absolute Gasteiger partial charge is 0.385 e. The van der Waals surface area contributed by atoms with E-state index in [4.69, 9.17) is 15.2 Å². The van der Waals surface area contributed by atoms with Crippen LogP contribution in [0.1, 0.15) is 69.5 Å². The maximum absolute atomic E-state index is 12.8. The van der Waals surface area contributed by atoms with Gasteiger partial charge >= 0.3 is 0 Å². The Morgan fingerprint density at radius 1 is 1.03 bits per heavy atom. The monoisotopic (exact) mass is 497 g/mol. The molecule has 0 aromatic heterocycles. The Morgan fingerprint density at radius 3 is 2.53 bits per heavy atom. The van der Waals surface area contributed by atoms with E-state index in [1.807, 2.05) is 18.2 Å². The number of anilines is 2. The van der Waals surface area contributed by atoms with Crippen LogP contribution in [0.25, 0.3) is 0 Å². The van der Waals surface area contributed by atoms with E-state index < -0.39 is 5.43 Å². The molecule has 1 aliphatic heterocycles. The minimum Gasteiger partial charge on any atom is -0.385 e. The quantitative estimate of drug-likeness (QED) is 0.319. The summed E-state index contributed by atoms with van der Waals surface area (Å²) >= 11 is 0. The molecule has 1 heterocycles. The Balaban J connectivity index is 1.46. The van der Waals surface area contributed by atoms with Crippen molar-refractivity contribution in [3.05, 3.63) is 56.3 Å². The molecule has 1 saturated carbocycles. The Hall–Kier alpha value is -2.22. The highest BCUT2D eigenvalue weighted by Gasteiger charge is 2.34. The van der Waals surface area contributed by atoms with Crippen LogP contribution in [0.5, 0.6) is 0 Å². The van der Waals surface area contributed by atoms with Crippen molar-refractivity contribution in [1.29, 1.82) is 0 Å². The summed E-state index contributed by atoms with van der Waals surface area (Å²) in [6.45, 7) is 3.22. The minimum atomic E-state index is -0.398. The van der Waals surface area contributed by atoms with E-state index in [0.29, 0.717) is 43.6 Å². The summed E-state index contributed by atoms with van der Waals surface area (Å²) in [5, 5.41) is 3.40. The summed E-state index contributed by atoms with van der Waals surface area (Å²) < 4.78 is 11.6. The van der Waals surface area contributed by atoms with Crippen LogP contribution < -0.4 is 26.8 Å². The van der Waals surface area contributed by atoms with Crippen LogP contribution in [0.3, 0.4) is 0 Å². The number of hydrogen-bond acceptors (Lipinski definition) is 7. The van der Waals surface area contributed by atoms with Crippen molar-refractivity contribution in [1.82, 2.24) is 0 Å². The molecule has 1 aliphatic carbocycles. The molecule has 2 aromatic rings. The standard InChI is InChI=1S/C29H43N3O4/c1-35-16-9-17-36-29(22-12-6-3-7-13-22)23-14-8-15-32(20-23)26-25(27(33)28(26)34)31-24(19-30)18-21-10-4-2-5-11-21/h3,6-7,12-13,21,23-24,29,31H,2,4-5,8-11,14-20,30H2,1H3/t23?,24?,29-/m0/s1. The van der Waals surface area contributed by atoms with Crippen LogP contribution in [0.15, 0.2) is 39.9 Å². The van der Waals surface area contributed by atoms with Crippen LogP contribution in [0, 0.1) is 11.8 Å². The average molecular weight is 498 g/mol. The van der Waals surface area contributed by atoms with Crippen LogP contribution in [0.4, 0.5) is 11.4 Å². The van der Waals surface area contributed by atoms with Crippen molar-refractivity contribution in [2.24, 2.45) is 17.6 Å². The smallest absolute Gasteiger partial charge is 0.253 e. The molecule has 2 aliphatic rings. The van der Waals surface area contributed by atoms with Gasteiger partial charge in [0, 0.05) is 51.9 Å². The number of piperidine rings is 1. The predicted octanol–water partition coefficient (Wildman–Crippen LogP) is 4.00. The maximum atomic E-state index is 12.8. The molecule has 7 nitrogen and oxygen atoms in total. The number of hydrogen-bond donors (Lipinski definition) is 2. The lowest BCUT2D eigenvalue weighted by Crippen LogP contribution is -2.48. The highest BCUT2D eigenvalue weighted by Crippen LogP contribution is 2.36. The van der Waals surface area contributed by atoms with Crippen molar-refractivity contribution in [2.45, 2.75) is 69.9 Å². The van der Waals surface area contributed by atoms with Gasteiger partial charge in [-0.1, -0.05) is 62.4 Å². The molecule has 3 atom stereocenters. The normalized spacial score (nSPS) is 20.9. The lowest BCUT2D eigenvalue weighted by Gasteiger charge is -2.39. The molecule has 2 aromatic carbocycles. The number of rotatable bonds is 13. The topological polar surface area (TPSA) is 93.9 Å². The van der Waals surface area contributed by atoms with E-state index >= 15 is 0 Å². The van der Waals surface area contributed by atoms with Gasteiger partial charge in [0.2, 0.25) is 0 Å². The third-order valence-electron chi connectivity index (χ3n) is 7.98. The average Bonchev–Trinajstić information content (AvgIpc) is 2.93. The predicted molar refractivity (Wildman–Crippen MR) is 146 cm³/mol. The van der Waals surface area contributed by atoms with Gasteiger partial charge in [-0.3, -0.25) is 9.59 Å². The lowest BCUT2D eigenvalue weighted by atomic mass is 9.84. The van der Waals surface area contributed by atoms with E-state index in [1.54, 1.807) is 7.11 Å². The summed E-state index contributed by atoms with van der Waals surface area (Å²) in [5.41, 5.74) is 7.51. The van der Waals surface area contributed by atoms with Crippen molar-refractivity contribution in [3.63, 3.8) is 0 Å². The summed E-state index contributed by atoms with van der Waals surface area (Å²) in [6.07, 6.45) is 10.0. The number of methoxy groups -OCH3 is 1. The first kappa shape index (κ1) is 26.8. The third-order valence-corrected chi connectivity index (χ3v) is 7.98. The number of nitrogens with one attached hydrogen (secondary N) is 1. The first-order chi connectivity index (χ1) is 17.6. The zero-order chi connectivity index (χ0) is 25.3. The molecule has 0 bridgehead atoms. The minimum absolute atomic E-state index is 0.0249. The first-order valence-corrected chi connectivity index (χ1v) is 13.8. The third kappa shape index (κ3) is 6.55. The van der Waals surface area contributed by atoms with Gasteiger partial charge in [0.05, 0.1) is 6.10 Å². The highest BCUT2D eigenvalue weighted by molar-refractivity contribution is 5.75. The zero-order valence-corrected chi connectivity index (χ0v) is 21.8. The Morgan fingerprint density at radius 2 is 1.81 bits per heavy atom. The number of benzene rings is 1. The van der Waals surface area contributed by atoms with E-state index in [2.05, 4.69) is 22.3 Å². The number of nitrogens with zero attached hydrogens (tertiary/aromatic N) is 1. The van der Waals surface area contributed by atoms with E-state index in [0.717, 1.165) is 37.8 Å². The summed E-state index contributed by atoms with van der Waals surface area (Å²) in [5.74, 6) is 0.879. The Bertz CT molecular complexity index is 998. The first-order valence-electron chi connectivity index (χ1n) is 13.8. The van der Waals surface area contributed by atoms with E-state index in [-0.39, 0.29) is 23.5 Å². The van der Waals surface area contributed by atoms with Gasteiger partial charge in [-0.25, -0.2) is 0 Å². The molecule has 2 unspecified atom stereocenters. The van der Waals surface area contributed by atoms with E-state index in [9.17, 15) is 9.59 Å². The maximum Gasteiger partial charge on any atom is 0.253 e. The fraction of sp³-hybridized carbons (Fsp3) is 0.655. The van der Waals surface area contributed by atoms with Gasteiger partial charge in [0.25, 0.3) is 10.9 Å². The van der Waals surface area contributed by atoms with Gasteiger partial charge in [-0.05, 0) is 37.2 Å². The van der Waals surface area contributed by atoms with Crippen LogP contribution in [0.2, 0.25) is 0 Å². The summed E-state index contributed by atoms with van der Waals surface area (Å²) in [4.78, 5) is 27.5. The molecule has 0 radical (unpaired) electrons. The molecule has 3 N–H and O–H groups in total. The van der Waals surface area contributed by atoms with Crippen LogP contribution in [-0.4, -0.2) is 46.0 Å². The van der Waals surface area contributed by atoms with Crippen molar-refractivity contribution < 1.29 is 9.47 Å². The highest BCUT2D eigenvalue weighted by atomic mass is 16.5. The molecule has 36 heavy (non-hydrogen) atoms. The molecule has 4 rings (SSSR count). The lowest BCUT2D eigenvalue weighted by molar-refractivity contribution is -0.00235. The van der Waals surface area contributed by atoms with Gasteiger partial charge in [-0.15, -0.1) is 0 Å². The van der Waals surface area contributed by atoms with Gasteiger partial charge in [0.1, 0.15) is 11.4 Å². The molecule has 7 heteroatoms. The SMILES string of the molecule is COCCCO[C@@H](c1ccccc1)C1CCCN(c2c(NC(CN)CC3CCCCC3)c(=O)c2=O)C1. The molecule has 0 amide bonds. The van der Waals surface area contributed by atoms with Gasteiger partial charge < -0.3 is 25.4 Å². The van der Waals surface area contributed by atoms with Gasteiger partial charge in [0.15, 0.2) is 0 Å². The van der Waals surface area contributed by atoms with E-state index in [1.165, 1.54) is 32.1 Å². The molecular formula is C29H43N3O4. The summed E-state index contributed by atoms with van der Waals surface area (Å²) in [6, 6.07) is 10.3. The van der Waals surface area contributed by atoms with Crippen LogP contribution in [-0.2, 0) is 9.47 Å². The molecular weight excluding hydrogens is 454 g/mol. The van der Waals surface area contributed by atoms with Crippen molar-refractivity contribution in [3.8, 4) is 0 Å². The molecule has 198 valence electrons.